The summed E-state index contributed by atoms with van der Waals surface area (Å²) in [6.45, 7) is 1.94. The molecule has 0 radical (unpaired) electrons. The number of nitrogens with one attached hydrogen (secondary N) is 1. The molecule has 30 heavy (non-hydrogen) atoms. The van der Waals surface area contributed by atoms with Crippen LogP contribution < -0.4 is 14.8 Å². The van der Waals surface area contributed by atoms with Crippen LogP contribution in [-0.4, -0.2) is 30.9 Å². The Balaban J connectivity index is 1.63. The predicted molar refractivity (Wildman–Crippen MR) is 119 cm³/mol. The summed E-state index contributed by atoms with van der Waals surface area (Å²) in [7, 11) is 3.02. The van der Waals surface area contributed by atoms with Gasteiger partial charge in [-0.1, -0.05) is 23.7 Å². The van der Waals surface area contributed by atoms with E-state index in [1.54, 1.807) is 30.3 Å². The second kappa shape index (κ2) is 9.73. The highest BCUT2D eigenvalue weighted by molar-refractivity contribution is 7.16. The van der Waals surface area contributed by atoms with Gasteiger partial charge < -0.3 is 14.8 Å². The zero-order chi connectivity index (χ0) is 21.7. The molecule has 156 valence electrons. The first-order chi connectivity index (χ1) is 14.4. The Morgan fingerprint density at radius 3 is 2.47 bits per heavy atom. The van der Waals surface area contributed by atoms with Crippen molar-refractivity contribution in [2.45, 2.75) is 19.8 Å². The van der Waals surface area contributed by atoms with Gasteiger partial charge in [-0.05, 0) is 37.3 Å². The minimum absolute atomic E-state index is 0.0358. The lowest BCUT2D eigenvalue weighted by Gasteiger charge is -2.09. The normalized spacial score (nSPS) is 10.5. The van der Waals surface area contributed by atoms with Crippen LogP contribution in [-0.2, 0) is 4.79 Å². The number of halogens is 1. The molecule has 0 saturated carbocycles. The molecule has 0 fully saturated rings. The molecule has 0 aliphatic heterocycles. The summed E-state index contributed by atoms with van der Waals surface area (Å²) in [4.78, 5) is 30.4. The molecule has 1 amide bonds. The molecule has 1 N–H and O–H groups in total. The summed E-state index contributed by atoms with van der Waals surface area (Å²) in [5.41, 5.74) is 2.11. The van der Waals surface area contributed by atoms with Crippen LogP contribution in [0.4, 0.5) is 5.13 Å². The first kappa shape index (κ1) is 21.8. The number of anilines is 1. The molecule has 6 nitrogen and oxygen atoms in total. The molecule has 0 aliphatic rings. The van der Waals surface area contributed by atoms with Gasteiger partial charge in [-0.2, -0.15) is 0 Å². The highest BCUT2D eigenvalue weighted by Crippen LogP contribution is 2.31. The average Bonchev–Trinajstić information content (AvgIpc) is 3.11. The van der Waals surface area contributed by atoms with Crippen molar-refractivity contribution in [3.63, 3.8) is 0 Å². The van der Waals surface area contributed by atoms with Gasteiger partial charge in [0.05, 0.1) is 25.5 Å². The van der Waals surface area contributed by atoms with E-state index in [2.05, 4.69) is 10.3 Å². The number of Topliss-reactive ketones (excluding diaryl/α,β-unsaturated/α-hetero) is 1. The maximum Gasteiger partial charge on any atom is 0.226 e. The zero-order valence-electron chi connectivity index (χ0n) is 16.8. The third kappa shape index (κ3) is 5.17. The van der Waals surface area contributed by atoms with Gasteiger partial charge >= 0.3 is 0 Å². The topological polar surface area (TPSA) is 77.5 Å². The molecular weight excluding hydrogens is 424 g/mol. The Labute approximate surface area is 183 Å². The number of rotatable bonds is 8. The summed E-state index contributed by atoms with van der Waals surface area (Å²) >= 11 is 7.32. The lowest BCUT2D eigenvalue weighted by molar-refractivity contribution is -0.116. The van der Waals surface area contributed by atoms with E-state index in [0.717, 1.165) is 16.1 Å². The van der Waals surface area contributed by atoms with E-state index in [0.29, 0.717) is 27.2 Å². The number of carbonyl (C=O) groups excluding carboxylic acids is 2. The smallest absolute Gasteiger partial charge is 0.226 e. The zero-order valence-corrected chi connectivity index (χ0v) is 18.4. The standard InChI is InChI=1S/C22H21ClN2O4S/c1-13-21(14-4-6-15(23)7-5-14)25-22(30-13)24-20(27)11-9-18(26)17-12-16(28-2)8-10-19(17)29-3/h4-8,10,12H,9,11H2,1-3H3,(H,24,25,27). The summed E-state index contributed by atoms with van der Waals surface area (Å²) in [6.07, 6.45) is 0.0812. The molecule has 0 spiro atoms. The van der Waals surface area contributed by atoms with Crippen LogP contribution in [0.5, 0.6) is 11.5 Å². The maximum absolute atomic E-state index is 12.6. The Morgan fingerprint density at radius 1 is 1.07 bits per heavy atom. The van der Waals surface area contributed by atoms with E-state index in [-0.39, 0.29) is 24.5 Å². The van der Waals surface area contributed by atoms with Crippen LogP contribution in [0.2, 0.25) is 5.02 Å². The molecule has 0 atom stereocenters. The Hall–Kier alpha value is -2.90. The lowest BCUT2D eigenvalue weighted by atomic mass is 10.0. The summed E-state index contributed by atoms with van der Waals surface area (Å²) in [6, 6.07) is 12.4. The monoisotopic (exact) mass is 444 g/mol. The predicted octanol–water partition coefficient (Wildman–Crippen LogP) is 5.39. The van der Waals surface area contributed by atoms with E-state index in [9.17, 15) is 9.59 Å². The van der Waals surface area contributed by atoms with Crippen molar-refractivity contribution in [3.8, 4) is 22.8 Å². The van der Waals surface area contributed by atoms with Crippen molar-refractivity contribution in [1.29, 1.82) is 0 Å². The van der Waals surface area contributed by atoms with Gasteiger partial charge in [0.2, 0.25) is 5.91 Å². The highest BCUT2D eigenvalue weighted by Gasteiger charge is 2.17. The van der Waals surface area contributed by atoms with E-state index in [1.807, 2.05) is 19.1 Å². The van der Waals surface area contributed by atoms with Crippen LogP contribution in [0.15, 0.2) is 42.5 Å². The first-order valence-corrected chi connectivity index (χ1v) is 10.4. The summed E-state index contributed by atoms with van der Waals surface area (Å²) in [5.74, 6) is 0.528. The van der Waals surface area contributed by atoms with E-state index >= 15 is 0 Å². The fourth-order valence-corrected chi connectivity index (χ4v) is 3.88. The Bertz CT molecular complexity index is 1060. The number of ether oxygens (including phenoxy) is 2. The number of nitrogens with zero attached hydrogens (tertiary/aromatic N) is 1. The number of amides is 1. The fraction of sp³-hybridized carbons (Fsp3) is 0.227. The minimum atomic E-state index is -0.276. The van der Waals surface area contributed by atoms with Gasteiger partial charge in [0.15, 0.2) is 10.9 Å². The van der Waals surface area contributed by atoms with Crippen molar-refractivity contribution in [2.75, 3.05) is 19.5 Å². The largest absolute Gasteiger partial charge is 0.497 e. The van der Waals surface area contributed by atoms with Gasteiger partial charge in [0.25, 0.3) is 0 Å². The number of methoxy groups -OCH3 is 2. The Morgan fingerprint density at radius 2 is 1.80 bits per heavy atom. The van der Waals surface area contributed by atoms with E-state index in [1.165, 1.54) is 25.6 Å². The van der Waals surface area contributed by atoms with E-state index in [4.69, 9.17) is 21.1 Å². The molecule has 0 bridgehead atoms. The molecule has 3 aromatic rings. The number of thiazole rings is 1. The number of hydrogen-bond acceptors (Lipinski definition) is 6. The van der Waals surface area contributed by atoms with Crippen molar-refractivity contribution >= 4 is 39.8 Å². The number of carbonyl (C=O) groups is 2. The van der Waals surface area contributed by atoms with Crippen LogP contribution in [0.3, 0.4) is 0 Å². The SMILES string of the molecule is COc1ccc(OC)c(C(=O)CCC(=O)Nc2nc(-c3ccc(Cl)cc3)c(C)s2)c1. The maximum atomic E-state index is 12.6. The molecular formula is C22H21ClN2O4S. The minimum Gasteiger partial charge on any atom is -0.497 e. The number of ketones is 1. The van der Waals surface area contributed by atoms with Crippen molar-refractivity contribution in [1.82, 2.24) is 4.98 Å². The van der Waals surface area contributed by atoms with Gasteiger partial charge in [-0.3, -0.25) is 9.59 Å². The van der Waals surface area contributed by atoms with Crippen molar-refractivity contribution in [3.05, 3.63) is 57.9 Å². The number of benzene rings is 2. The second-order valence-corrected chi connectivity index (χ2v) is 8.11. The molecule has 1 aromatic heterocycles. The summed E-state index contributed by atoms with van der Waals surface area (Å²) < 4.78 is 10.4. The third-order valence-corrected chi connectivity index (χ3v) is 5.58. The van der Waals surface area contributed by atoms with Gasteiger partial charge in [0.1, 0.15) is 11.5 Å². The fourth-order valence-electron chi connectivity index (χ4n) is 2.90. The van der Waals surface area contributed by atoms with Gasteiger partial charge in [-0.25, -0.2) is 4.98 Å². The average molecular weight is 445 g/mol. The molecule has 8 heteroatoms. The second-order valence-electron chi connectivity index (χ2n) is 6.47. The first-order valence-electron chi connectivity index (χ1n) is 9.19. The lowest BCUT2D eigenvalue weighted by Crippen LogP contribution is -2.13. The van der Waals surface area contributed by atoms with E-state index < -0.39 is 0 Å². The van der Waals surface area contributed by atoms with Crippen LogP contribution in [0.25, 0.3) is 11.3 Å². The van der Waals surface area contributed by atoms with Gasteiger partial charge in [-0.15, -0.1) is 11.3 Å². The molecule has 0 aliphatic carbocycles. The van der Waals surface area contributed by atoms with Crippen LogP contribution >= 0.6 is 22.9 Å². The molecule has 2 aromatic carbocycles. The number of hydrogen-bond donors (Lipinski definition) is 1. The molecule has 3 rings (SSSR count). The van der Waals surface area contributed by atoms with Crippen molar-refractivity contribution < 1.29 is 19.1 Å². The quantitative estimate of drug-likeness (QED) is 0.471. The molecule has 0 saturated heterocycles. The number of aromatic nitrogens is 1. The molecule has 1 heterocycles. The van der Waals surface area contributed by atoms with Crippen LogP contribution in [0.1, 0.15) is 28.1 Å². The van der Waals surface area contributed by atoms with Crippen molar-refractivity contribution in [2.24, 2.45) is 0 Å². The number of aryl methyl sites for hydroxylation is 1. The molecule has 0 unspecified atom stereocenters. The highest BCUT2D eigenvalue weighted by atomic mass is 35.5. The van der Waals surface area contributed by atoms with Crippen LogP contribution in [0, 0.1) is 6.92 Å². The Kier molecular flexibility index (Phi) is 7.07. The summed E-state index contributed by atoms with van der Waals surface area (Å²) in [5, 5.41) is 3.92. The third-order valence-electron chi connectivity index (χ3n) is 4.45. The van der Waals surface area contributed by atoms with Gasteiger partial charge in [0, 0.05) is 28.3 Å².